The number of sulfonamides is 1. The van der Waals surface area contributed by atoms with E-state index in [1.54, 1.807) is 36.4 Å². The van der Waals surface area contributed by atoms with E-state index in [0.717, 1.165) is 12.0 Å². The Balaban J connectivity index is 2.16. The number of aliphatic carboxylic acids is 1. The molecule has 2 aromatic carbocycles. The van der Waals surface area contributed by atoms with E-state index in [1.165, 1.54) is 12.1 Å². The third kappa shape index (κ3) is 6.65. The van der Waals surface area contributed by atoms with E-state index in [1.807, 2.05) is 6.92 Å². The van der Waals surface area contributed by atoms with Gasteiger partial charge in [-0.3, -0.25) is 4.79 Å². The molecule has 0 amide bonds. The maximum absolute atomic E-state index is 12.7. The molecule has 0 unspecified atom stereocenters. The third-order valence-corrected chi connectivity index (χ3v) is 5.74. The topological polar surface area (TPSA) is 92.7 Å². The van der Waals surface area contributed by atoms with E-state index in [-0.39, 0.29) is 11.3 Å². The number of benzene rings is 2. The van der Waals surface area contributed by atoms with E-state index in [2.05, 4.69) is 18.6 Å². The van der Waals surface area contributed by atoms with Gasteiger partial charge in [-0.1, -0.05) is 43.7 Å². The Morgan fingerprint density at radius 3 is 2.21 bits per heavy atom. The molecule has 0 spiro atoms. The molecule has 0 heterocycles. The van der Waals surface area contributed by atoms with Gasteiger partial charge >= 0.3 is 5.97 Å². The summed E-state index contributed by atoms with van der Waals surface area (Å²) in [6.45, 7) is 6.68. The summed E-state index contributed by atoms with van der Waals surface area (Å²) in [7, 11) is -3.85. The molecule has 1 atom stereocenters. The Morgan fingerprint density at radius 2 is 1.68 bits per heavy atom. The number of aryl methyl sites for hydroxylation is 1. The van der Waals surface area contributed by atoms with Crippen LogP contribution in [0.3, 0.4) is 0 Å². The van der Waals surface area contributed by atoms with Gasteiger partial charge in [0.15, 0.2) is 0 Å². The predicted octanol–water partition coefficient (Wildman–Crippen LogP) is 3.91. The van der Waals surface area contributed by atoms with Gasteiger partial charge in [-0.15, -0.1) is 0 Å². The average Bonchev–Trinajstić information content (AvgIpc) is 2.61. The van der Waals surface area contributed by atoms with Crippen LogP contribution in [0.5, 0.6) is 5.75 Å². The molecule has 0 saturated heterocycles. The summed E-state index contributed by atoms with van der Waals surface area (Å²) in [6.07, 6.45) is 0.568. The number of hydrogen-bond acceptors (Lipinski definition) is 4. The molecule has 2 rings (SSSR count). The second kappa shape index (κ2) is 9.71. The van der Waals surface area contributed by atoms with Crippen LogP contribution in [0.1, 0.15) is 43.9 Å². The number of hydrogen-bond donors (Lipinski definition) is 2. The SMILES string of the molecule is Cc1ccc(S(=O)(=O)N[C@@H](CC(=O)O)c2ccc(OCCC(C)C)cc2)cc1. The number of nitrogens with one attached hydrogen (secondary N) is 1. The Bertz CT molecular complexity index is 874. The normalized spacial score (nSPS) is 12.7. The highest BCUT2D eigenvalue weighted by Gasteiger charge is 2.23. The van der Waals surface area contributed by atoms with Gasteiger partial charge in [0, 0.05) is 0 Å². The molecular formula is C21H27NO5S. The molecule has 0 aliphatic rings. The molecule has 2 aromatic rings. The quantitative estimate of drug-likeness (QED) is 0.625. The van der Waals surface area contributed by atoms with Crippen molar-refractivity contribution in [1.29, 1.82) is 0 Å². The van der Waals surface area contributed by atoms with Crippen LogP contribution in [0.25, 0.3) is 0 Å². The van der Waals surface area contributed by atoms with Crippen LogP contribution in [-0.2, 0) is 14.8 Å². The van der Waals surface area contributed by atoms with Crippen molar-refractivity contribution in [2.24, 2.45) is 5.92 Å². The van der Waals surface area contributed by atoms with Crippen LogP contribution in [0, 0.1) is 12.8 Å². The van der Waals surface area contributed by atoms with Gasteiger partial charge in [0.1, 0.15) is 5.75 Å². The van der Waals surface area contributed by atoms with Crippen LogP contribution in [0.15, 0.2) is 53.4 Å². The standard InChI is InChI=1S/C21H27NO5S/c1-15(2)12-13-27-18-8-6-17(7-9-18)20(14-21(23)24)22-28(25,26)19-10-4-16(3)5-11-19/h4-11,15,20,22H,12-14H2,1-3H3,(H,23,24)/t20-/m0/s1. The van der Waals surface area contributed by atoms with E-state index >= 15 is 0 Å². The first-order valence-electron chi connectivity index (χ1n) is 9.21. The summed E-state index contributed by atoms with van der Waals surface area (Å²) in [5.74, 6) is 0.115. The first-order valence-corrected chi connectivity index (χ1v) is 10.7. The summed E-state index contributed by atoms with van der Waals surface area (Å²) in [5.41, 5.74) is 1.50. The highest BCUT2D eigenvalue weighted by Crippen LogP contribution is 2.23. The Kier molecular flexibility index (Phi) is 7.60. The Morgan fingerprint density at radius 1 is 1.07 bits per heavy atom. The molecule has 0 aliphatic heterocycles. The van der Waals surface area contributed by atoms with Gasteiger partial charge in [0.05, 0.1) is 24.0 Å². The number of carbonyl (C=O) groups is 1. The van der Waals surface area contributed by atoms with Gasteiger partial charge in [-0.2, -0.15) is 0 Å². The molecule has 0 aromatic heterocycles. The summed E-state index contributed by atoms with van der Waals surface area (Å²) in [6, 6.07) is 12.4. The molecule has 7 heteroatoms. The lowest BCUT2D eigenvalue weighted by Crippen LogP contribution is -2.30. The van der Waals surface area contributed by atoms with E-state index in [0.29, 0.717) is 23.8 Å². The van der Waals surface area contributed by atoms with Crippen LogP contribution >= 0.6 is 0 Å². The molecule has 0 aliphatic carbocycles. The average molecular weight is 406 g/mol. The van der Waals surface area contributed by atoms with Gasteiger partial charge in [-0.25, -0.2) is 13.1 Å². The number of rotatable bonds is 10. The minimum atomic E-state index is -3.85. The van der Waals surface area contributed by atoms with Crippen molar-refractivity contribution in [2.45, 2.75) is 44.6 Å². The maximum atomic E-state index is 12.7. The molecule has 152 valence electrons. The fourth-order valence-electron chi connectivity index (χ4n) is 2.58. The van der Waals surface area contributed by atoms with Gasteiger partial charge in [0.25, 0.3) is 0 Å². The van der Waals surface area contributed by atoms with E-state index in [4.69, 9.17) is 4.74 Å². The zero-order valence-electron chi connectivity index (χ0n) is 16.4. The third-order valence-electron chi connectivity index (χ3n) is 4.25. The summed E-state index contributed by atoms with van der Waals surface area (Å²) in [4.78, 5) is 11.4. The van der Waals surface area contributed by atoms with Gasteiger partial charge in [0.2, 0.25) is 10.0 Å². The second-order valence-electron chi connectivity index (χ2n) is 7.18. The summed E-state index contributed by atoms with van der Waals surface area (Å²) in [5, 5.41) is 9.21. The van der Waals surface area contributed by atoms with Crippen molar-refractivity contribution in [1.82, 2.24) is 4.72 Å². The minimum Gasteiger partial charge on any atom is -0.494 e. The van der Waals surface area contributed by atoms with E-state index in [9.17, 15) is 18.3 Å². The van der Waals surface area contributed by atoms with Gasteiger partial charge in [-0.05, 0) is 49.1 Å². The Hall–Kier alpha value is -2.38. The van der Waals surface area contributed by atoms with E-state index < -0.39 is 22.0 Å². The fraction of sp³-hybridized carbons (Fsp3) is 0.381. The summed E-state index contributed by atoms with van der Waals surface area (Å²) < 4.78 is 33.5. The molecule has 28 heavy (non-hydrogen) atoms. The smallest absolute Gasteiger partial charge is 0.305 e. The molecule has 2 N–H and O–H groups in total. The second-order valence-corrected chi connectivity index (χ2v) is 8.90. The number of ether oxygens (including phenoxy) is 1. The largest absolute Gasteiger partial charge is 0.494 e. The van der Waals surface area contributed by atoms with Crippen molar-refractivity contribution >= 4 is 16.0 Å². The van der Waals surface area contributed by atoms with Crippen molar-refractivity contribution in [3.05, 3.63) is 59.7 Å². The molecule has 0 bridgehead atoms. The first kappa shape index (κ1) is 21.9. The number of carboxylic acid groups (broad SMARTS) is 1. The maximum Gasteiger partial charge on any atom is 0.305 e. The predicted molar refractivity (Wildman–Crippen MR) is 108 cm³/mol. The molecular weight excluding hydrogens is 378 g/mol. The monoisotopic (exact) mass is 405 g/mol. The van der Waals surface area contributed by atoms with Gasteiger partial charge < -0.3 is 9.84 Å². The molecule has 6 nitrogen and oxygen atoms in total. The lowest BCUT2D eigenvalue weighted by molar-refractivity contribution is -0.137. The van der Waals surface area contributed by atoms with Crippen LogP contribution in [-0.4, -0.2) is 26.1 Å². The first-order chi connectivity index (χ1) is 13.2. The van der Waals surface area contributed by atoms with Crippen molar-refractivity contribution in [3.63, 3.8) is 0 Å². The van der Waals surface area contributed by atoms with Crippen molar-refractivity contribution in [3.8, 4) is 5.75 Å². The van der Waals surface area contributed by atoms with Crippen LogP contribution in [0.2, 0.25) is 0 Å². The molecule has 0 radical (unpaired) electrons. The lowest BCUT2D eigenvalue weighted by atomic mass is 10.0. The molecule has 0 saturated carbocycles. The van der Waals surface area contributed by atoms with Crippen molar-refractivity contribution < 1.29 is 23.1 Å². The fourth-order valence-corrected chi connectivity index (χ4v) is 3.81. The Labute approximate surface area is 166 Å². The van der Waals surface area contributed by atoms with Crippen LogP contribution < -0.4 is 9.46 Å². The zero-order valence-corrected chi connectivity index (χ0v) is 17.2. The zero-order chi connectivity index (χ0) is 20.7. The number of carboxylic acids is 1. The highest BCUT2D eigenvalue weighted by molar-refractivity contribution is 7.89. The highest BCUT2D eigenvalue weighted by atomic mass is 32.2. The van der Waals surface area contributed by atoms with Crippen molar-refractivity contribution in [2.75, 3.05) is 6.61 Å². The lowest BCUT2D eigenvalue weighted by Gasteiger charge is -2.18. The minimum absolute atomic E-state index is 0.0992. The molecule has 0 fully saturated rings. The van der Waals surface area contributed by atoms with Crippen LogP contribution in [0.4, 0.5) is 0 Å². The summed E-state index contributed by atoms with van der Waals surface area (Å²) >= 11 is 0.